The summed E-state index contributed by atoms with van der Waals surface area (Å²) in [7, 11) is 0. The minimum absolute atomic E-state index is 1.10. The monoisotopic (exact) mass is 222 g/mol. The molecular weight excluding hydrogens is 192 g/mol. The maximum Gasteiger partial charge on any atom is -0.0414 e. The molecule has 0 bridgehead atoms. The summed E-state index contributed by atoms with van der Waals surface area (Å²) in [6.07, 6.45) is 21.4. The first-order chi connectivity index (χ1) is 7.95. The van der Waals surface area contributed by atoms with Gasteiger partial charge in [0.2, 0.25) is 0 Å². The smallest absolute Gasteiger partial charge is 0.0414 e. The maximum atomic E-state index is 1.55. The van der Waals surface area contributed by atoms with Gasteiger partial charge in [-0.2, -0.15) is 0 Å². The molecule has 0 aromatic rings. The summed E-state index contributed by atoms with van der Waals surface area (Å²) in [5.41, 5.74) is 0. The zero-order valence-corrected chi connectivity index (χ0v) is 11.1. The second-order valence-corrected chi connectivity index (χ2v) is 6.29. The Labute approximate surface area is 102 Å². The Morgan fingerprint density at radius 1 is 0.500 bits per heavy atom. The lowest BCUT2D eigenvalue weighted by atomic mass is 9.86. The molecule has 16 heavy (non-hydrogen) atoms. The van der Waals surface area contributed by atoms with Crippen molar-refractivity contribution in [3.8, 4) is 0 Å². The van der Waals surface area contributed by atoms with Gasteiger partial charge >= 0.3 is 0 Å². The van der Waals surface area contributed by atoms with Crippen molar-refractivity contribution in [1.29, 1.82) is 0 Å². The second-order valence-electron chi connectivity index (χ2n) is 6.29. The van der Waals surface area contributed by atoms with Gasteiger partial charge in [0.15, 0.2) is 0 Å². The van der Waals surface area contributed by atoms with Crippen LogP contribution in [0, 0.1) is 11.8 Å². The Bertz CT molecular complexity index is 159. The van der Waals surface area contributed by atoms with Crippen LogP contribution in [0.5, 0.6) is 0 Å². The van der Waals surface area contributed by atoms with E-state index in [1.165, 1.54) is 51.4 Å². The molecule has 2 aliphatic carbocycles. The van der Waals surface area contributed by atoms with E-state index in [1.54, 1.807) is 38.5 Å². The molecule has 2 fully saturated rings. The van der Waals surface area contributed by atoms with Gasteiger partial charge in [-0.3, -0.25) is 0 Å². The third kappa shape index (κ3) is 4.47. The predicted molar refractivity (Wildman–Crippen MR) is 71.6 cm³/mol. The van der Waals surface area contributed by atoms with E-state index >= 15 is 0 Å². The number of hydrogen-bond donors (Lipinski definition) is 0. The molecule has 2 aliphatic rings. The van der Waals surface area contributed by atoms with Crippen molar-refractivity contribution in [1.82, 2.24) is 0 Å². The third-order valence-corrected chi connectivity index (χ3v) is 4.92. The number of hydrogen-bond acceptors (Lipinski definition) is 0. The minimum Gasteiger partial charge on any atom is -0.0533 e. The molecule has 0 atom stereocenters. The molecule has 0 amide bonds. The van der Waals surface area contributed by atoms with E-state index in [2.05, 4.69) is 0 Å². The van der Waals surface area contributed by atoms with E-state index in [4.69, 9.17) is 0 Å². The standard InChI is InChI=1S/C16H30/c1-2-4-9-15(10-5-3-1)13-8-14-16-11-6-7-12-16/h15-16H,1-14H2. The lowest BCUT2D eigenvalue weighted by molar-refractivity contribution is 0.335. The molecule has 0 nitrogen and oxygen atoms in total. The summed E-state index contributed by atoms with van der Waals surface area (Å²) in [5.74, 6) is 2.22. The van der Waals surface area contributed by atoms with Crippen LogP contribution in [0.25, 0.3) is 0 Å². The zero-order chi connectivity index (χ0) is 11.1. The molecule has 0 heteroatoms. The molecule has 0 aromatic heterocycles. The van der Waals surface area contributed by atoms with Gasteiger partial charge in [0.1, 0.15) is 0 Å². The van der Waals surface area contributed by atoms with Crippen LogP contribution in [-0.2, 0) is 0 Å². The van der Waals surface area contributed by atoms with Crippen molar-refractivity contribution in [3.05, 3.63) is 0 Å². The Hall–Kier alpha value is 0. The number of rotatable bonds is 4. The van der Waals surface area contributed by atoms with Crippen LogP contribution < -0.4 is 0 Å². The van der Waals surface area contributed by atoms with Gasteiger partial charge in [-0.15, -0.1) is 0 Å². The van der Waals surface area contributed by atoms with Crippen molar-refractivity contribution in [3.63, 3.8) is 0 Å². The van der Waals surface area contributed by atoms with Crippen LogP contribution in [0.4, 0.5) is 0 Å². The molecule has 2 saturated carbocycles. The lowest BCUT2D eigenvalue weighted by Gasteiger charge is -2.20. The molecule has 0 saturated heterocycles. The highest BCUT2D eigenvalue weighted by Crippen LogP contribution is 2.31. The SMILES string of the molecule is C1CCCC(CCCC2CCCC2)CCC1. The van der Waals surface area contributed by atoms with E-state index in [0.717, 1.165) is 11.8 Å². The highest BCUT2D eigenvalue weighted by atomic mass is 14.2. The van der Waals surface area contributed by atoms with E-state index in [9.17, 15) is 0 Å². The quantitative estimate of drug-likeness (QED) is 0.571. The first kappa shape index (κ1) is 12.5. The van der Waals surface area contributed by atoms with Gasteiger partial charge in [0, 0.05) is 0 Å². The molecule has 0 radical (unpaired) electrons. The fraction of sp³-hybridized carbons (Fsp3) is 1.00. The summed E-state index contributed by atoms with van der Waals surface area (Å²) < 4.78 is 0. The fourth-order valence-corrected chi connectivity index (χ4v) is 3.82. The fourth-order valence-electron chi connectivity index (χ4n) is 3.82. The predicted octanol–water partition coefficient (Wildman–Crippen LogP) is 5.71. The second kappa shape index (κ2) is 7.35. The van der Waals surface area contributed by atoms with Gasteiger partial charge in [-0.1, -0.05) is 89.9 Å². The molecule has 0 aromatic carbocycles. The summed E-state index contributed by atoms with van der Waals surface area (Å²) >= 11 is 0. The normalized spacial score (nSPS) is 25.5. The average molecular weight is 222 g/mol. The molecule has 0 spiro atoms. The van der Waals surface area contributed by atoms with E-state index in [1.807, 2.05) is 0 Å². The average Bonchev–Trinajstić information content (AvgIpc) is 2.73. The Morgan fingerprint density at radius 2 is 0.875 bits per heavy atom. The van der Waals surface area contributed by atoms with Crippen molar-refractivity contribution >= 4 is 0 Å². The van der Waals surface area contributed by atoms with Gasteiger partial charge in [0.05, 0.1) is 0 Å². The molecule has 0 N–H and O–H groups in total. The molecule has 2 rings (SSSR count). The van der Waals surface area contributed by atoms with Gasteiger partial charge < -0.3 is 0 Å². The Balaban J connectivity index is 1.56. The van der Waals surface area contributed by atoms with Gasteiger partial charge in [0.25, 0.3) is 0 Å². The van der Waals surface area contributed by atoms with Crippen molar-refractivity contribution in [2.75, 3.05) is 0 Å². The van der Waals surface area contributed by atoms with Crippen LogP contribution >= 0.6 is 0 Å². The van der Waals surface area contributed by atoms with Crippen LogP contribution in [0.3, 0.4) is 0 Å². The summed E-state index contributed by atoms with van der Waals surface area (Å²) in [4.78, 5) is 0. The van der Waals surface area contributed by atoms with E-state index < -0.39 is 0 Å². The summed E-state index contributed by atoms with van der Waals surface area (Å²) in [6, 6.07) is 0. The third-order valence-electron chi connectivity index (χ3n) is 4.92. The topological polar surface area (TPSA) is 0 Å². The van der Waals surface area contributed by atoms with Gasteiger partial charge in [-0.05, 0) is 11.8 Å². The van der Waals surface area contributed by atoms with Crippen LogP contribution in [0.15, 0.2) is 0 Å². The van der Waals surface area contributed by atoms with E-state index in [-0.39, 0.29) is 0 Å². The van der Waals surface area contributed by atoms with Gasteiger partial charge in [-0.25, -0.2) is 0 Å². The first-order valence-electron chi connectivity index (χ1n) is 7.95. The highest BCUT2D eigenvalue weighted by Gasteiger charge is 2.16. The Kier molecular flexibility index (Phi) is 5.72. The maximum absolute atomic E-state index is 1.55. The molecular formula is C16H30. The van der Waals surface area contributed by atoms with Crippen molar-refractivity contribution < 1.29 is 0 Å². The molecule has 0 unspecified atom stereocenters. The summed E-state index contributed by atoms with van der Waals surface area (Å²) in [5, 5.41) is 0. The molecule has 0 heterocycles. The van der Waals surface area contributed by atoms with Crippen LogP contribution in [-0.4, -0.2) is 0 Å². The highest BCUT2D eigenvalue weighted by molar-refractivity contribution is 4.69. The molecule has 94 valence electrons. The van der Waals surface area contributed by atoms with Crippen molar-refractivity contribution in [2.45, 2.75) is 89.9 Å². The lowest BCUT2D eigenvalue weighted by Crippen LogP contribution is -2.04. The van der Waals surface area contributed by atoms with E-state index in [0.29, 0.717) is 0 Å². The Morgan fingerprint density at radius 3 is 1.38 bits per heavy atom. The minimum atomic E-state index is 1.10. The van der Waals surface area contributed by atoms with Crippen LogP contribution in [0.2, 0.25) is 0 Å². The zero-order valence-electron chi connectivity index (χ0n) is 11.1. The van der Waals surface area contributed by atoms with Crippen molar-refractivity contribution in [2.24, 2.45) is 11.8 Å². The largest absolute Gasteiger partial charge is 0.0533 e. The van der Waals surface area contributed by atoms with Crippen LogP contribution in [0.1, 0.15) is 89.9 Å². The molecule has 0 aliphatic heterocycles. The first-order valence-corrected chi connectivity index (χ1v) is 7.95. The summed E-state index contributed by atoms with van der Waals surface area (Å²) in [6.45, 7) is 0.